The molecule has 0 spiro atoms. The smallest absolute Gasteiger partial charge is 0.287 e. The minimum Gasteiger partial charge on any atom is -0.287 e. The molecular formula is C10H9F3O. The Balaban J connectivity index is 3.15. The van der Waals surface area contributed by atoms with Gasteiger partial charge in [0, 0.05) is 12.5 Å². The Morgan fingerprint density at radius 3 is 2.36 bits per heavy atom. The van der Waals surface area contributed by atoms with Crippen LogP contribution in [0.1, 0.15) is 22.8 Å². The van der Waals surface area contributed by atoms with Crippen molar-refractivity contribution in [1.82, 2.24) is 0 Å². The molecule has 0 saturated heterocycles. The second-order valence-corrected chi connectivity index (χ2v) is 3.18. The summed E-state index contributed by atoms with van der Waals surface area (Å²) in [4.78, 5) is 11.1. The van der Waals surface area contributed by atoms with Gasteiger partial charge < -0.3 is 0 Å². The van der Waals surface area contributed by atoms with Gasteiger partial charge in [-0.15, -0.1) is 0 Å². The van der Waals surface area contributed by atoms with Crippen LogP contribution in [0.3, 0.4) is 0 Å². The van der Waals surface area contributed by atoms with Gasteiger partial charge in [0.25, 0.3) is 0 Å². The van der Waals surface area contributed by atoms with Gasteiger partial charge in [-0.25, -0.2) is 4.39 Å². The molecule has 1 nitrogen and oxygen atoms in total. The SMILES string of the molecule is Cc1cc(F)ccc1C(=O)C(C)(F)F. The van der Waals surface area contributed by atoms with Crippen LogP contribution in [-0.2, 0) is 0 Å². The Bertz CT molecular complexity index is 366. The summed E-state index contributed by atoms with van der Waals surface area (Å²) in [5, 5.41) is 0. The van der Waals surface area contributed by atoms with E-state index >= 15 is 0 Å². The van der Waals surface area contributed by atoms with Gasteiger partial charge in [0.1, 0.15) is 5.82 Å². The highest BCUT2D eigenvalue weighted by molar-refractivity contribution is 6.02. The number of rotatable bonds is 2. The second-order valence-electron chi connectivity index (χ2n) is 3.18. The largest absolute Gasteiger partial charge is 0.307 e. The van der Waals surface area contributed by atoms with Crippen LogP contribution in [0.2, 0.25) is 0 Å². The molecule has 0 aliphatic rings. The standard InChI is InChI=1S/C10H9F3O/c1-6-5-7(11)3-4-8(6)9(14)10(2,12)13/h3-5H,1-2H3. The lowest BCUT2D eigenvalue weighted by Gasteiger charge is -2.10. The summed E-state index contributed by atoms with van der Waals surface area (Å²) < 4.78 is 37.9. The Morgan fingerprint density at radius 1 is 1.36 bits per heavy atom. The van der Waals surface area contributed by atoms with Crippen LogP contribution in [0.4, 0.5) is 13.2 Å². The average molecular weight is 202 g/mol. The van der Waals surface area contributed by atoms with E-state index in [4.69, 9.17) is 0 Å². The van der Waals surface area contributed by atoms with Crippen LogP contribution in [0.5, 0.6) is 0 Å². The van der Waals surface area contributed by atoms with Gasteiger partial charge in [0.05, 0.1) is 0 Å². The number of aryl methyl sites for hydroxylation is 1. The van der Waals surface area contributed by atoms with Crippen molar-refractivity contribution in [3.05, 3.63) is 35.1 Å². The molecule has 76 valence electrons. The van der Waals surface area contributed by atoms with Gasteiger partial charge >= 0.3 is 5.92 Å². The molecule has 0 radical (unpaired) electrons. The predicted molar refractivity (Wildman–Crippen MR) is 46.1 cm³/mol. The first kappa shape index (κ1) is 10.8. The number of carbonyl (C=O) groups is 1. The fourth-order valence-corrected chi connectivity index (χ4v) is 1.12. The van der Waals surface area contributed by atoms with E-state index in [-0.39, 0.29) is 11.1 Å². The Kier molecular flexibility index (Phi) is 2.64. The first-order valence-electron chi connectivity index (χ1n) is 4.01. The van der Waals surface area contributed by atoms with E-state index in [0.717, 1.165) is 18.2 Å². The molecule has 14 heavy (non-hydrogen) atoms. The summed E-state index contributed by atoms with van der Waals surface area (Å²) in [7, 11) is 0. The van der Waals surface area contributed by atoms with E-state index in [9.17, 15) is 18.0 Å². The summed E-state index contributed by atoms with van der Waals surface area (Å²) in [6, 6.07) is 3.12. The third-order valence-electron chi connectivity index (χ3n) is 1.83. The van der Waals surface area contributed by atoms with Gasteiger partial charge in [-0.05, 0) is 30.7 Å². The molecule has 0 amide bonds. The number of halogens is 3. The lowest BCUT2D eigenvalue weighted by molar-refractivity contribution is 0.0221. The first-order valence-corrected chi connectivity index (χ1v) is 4.01. The normalized spacial score (nSPS) is 11.5. The summed E-state index contributed by atoms with van der Waals surface area (Å²) in [5.41, 5.74) is 0.0791. The van der Waals surface area contributed by atoms with Crippen molar-refractivity contribution in [3.8, 4) is 0 Å². The van der Waals surface area contributed by atoms with E-state index in [0.29, 0.717) is 6.92 Å². The fourth-order valence-electron chi connectivity index (χ4n) is 1.12. The van der Waals surface area contributed by atoms with Gasteiger partial charge in [-0.3, -0.25) is 4.79 Å². The molecule has 0 aliphatic heterocycles. The summed E-state index contributed by atoms with van der Waals surface area (Å²) >= 11 is 0. The number of carbonyl (C=O) groups excluding carboxylic acids is 1. The summed E-state index contributed by atoms with van der Waals surface area (Å²) in [6.45, 7) is 1.94. The van der Waals surface area contributed by atoms with Crippen LogP contribution in [0, 0.1) is 12.7 Å². The average Bonchev–Trinajstić information content (AvgIpc) is 2.01. The second kappa shape index (κ2) is 3.44. The molecule has 0 saturated carbocycles. The van der Waals surface area contributed by atoms with Gasteiger partial charge in [-0.2, -0.15) is 8.78 Å². The molecule has 4 heteroatoms. The van der Waals surface area contributed by atoms with Crippen LogP contribution >= 0.6 is 0 Å². The maximum atomic E-state index is 12.6. The van der Waals surface area contributed by atoms with Crippen molar-refractivity contribution in [2.24, 2.45) is 0 Å². The molecule has 1 aromatic carbocycles. The van der Waals surface area contributed by atoms with Crippen molar-refractivity contribution in [2.75, 3.05) is 0 Å². The van der Waals surface area contributed by atoms with E-state index in [2.05, 4.69) is 0 Å². The fraction of sp³-hybridized carbons (Fsp3) is 0.300. The monoisotopic (exact) mass is 202 g/mol. The van der Waals surface area contributed by atoms with Crippen LogP contribution < -0.4 is 0 Å². The van der Waals surface area contributed by atoms with Gasteiger partial charge in [0.2, 0.25) is 5.78 Å². The molecule has 0 aliphatic carbocycles. The molecule has 0 heterocycles. The topological polar surface area (TPSA) is 17.1 Å². The number of ketones is 1. The predicted octanol–water partition coefficient (Wildman–Crippen LogP) is 2.97. The van der Waals surface area contributed by atoms with Crippen molar-refractivity contribution in [2.45, 2.75) is 19.8 Å². The number of Topliss-reactive ketones (excluding diaryl/α,β-unsaturated/α-hetero) is 1. The van der Waals surface area contributed by atoms with Crippen molar-refractivity contribution in [3.63, 3.8) is 0 Å². The van der Waals surface area contributed by atoms with Crippen molar-refractivity contribution < 1.29 is 18.0 Å². The zero-order valence-electron chi connectivity index (χ0n) is 7.77. The van der Waals surface area contributed by atoms with Crippen LogP contribution in [-0.4, -0.2) is 11.7 Å². The quantitative estimate of drug-likeness (QED) is 0.674. The molecule has 0 aromatic heterocycles. The zero-order valence-corrected chi connectivity index (χ0v) is 7.77. The van der Waals surface area contributed by atoms with E-state index in [1.165, 1.54) is 6.92 Å². The molecule has 0 fully saturated rings. The summed E-state index contributed by atoms with van der Waals surface area (Å²) in [5.74, 6) is -5.24. The zero-order chi connectivity index (χ0) is 10.9. The Morgan fingerprint density at radius 2 is 1.93 bits per heavy atom. The van der Waals surface area contributed by atoms with E-state index < -0.39 is 17.5 Å². The maximum Gasteiger partial charge on any atom is 0.307 e. The third-order valence-corrected chi connectivity index (χ3v) is 1.83. The van der Waals surface area contributed by atoms with Crippen molar-refractivity contribution >= 4 is 5.78 Å². The van der Waals surface area contributed by atoms with Crippen molar-refractivity contribution in [1.29, 1.82) is 0 Å². The van der Waals surface area contributed by atoms with E-state index in [1.54, 1.807) is 0 Å². The Labute approximate surface area is 79.5 Å². The highest BCUT2D eigenvalue weighted by atomic mass is 19.3. The van der Waals surface area contributed by atoms with Crippen LogP contribution in [0.25, 0.3) is 0 Å². The molecule has 0 unspecified atom stereocenters. The number of hydrogen-bond donors (Lipinski definition) is 0. The highest BCUT2D eigenvalue weighted by Crippen LogP contribution is 2.21. The maximum absolute atomic E-state index is 12.6. The lowest BCUT2D eigenvalue weighted by Crippen LogP contribution is -2.25. The molecule has 0 atom stereocenters. The number of alkyl halides is 2. The third kappa shape index (κ3) is 2.13. The molecule has 1 aromatic rings. The minimum atomic E-state index is -3.41. The molecule has 1 rings (SSSR count). The molecule has 0 N–H and O–H groups in total. The number of benzene rings is 1. The van der Waals surface area contributed by atoms with Gasteiger partial charge in [-0.1, -0.05) is 0 Å². The Hall–Kier alpha value is -1.32. The van der Waals surface area contributed by atoms with Crippen LogP contribution in [0.15, 0.2) is 18.2 Å². The lowest BCUT2D eigenvalue weighted by atomic mass is 10.0. The summed E-state index contributed by atoms with van der Waals surface area (Å²) in [6.07, 6.45) is 0. The molecular weight excluding hydrogens is 193 g/mol. The highest BCUT2D eigenvalue weighted by Gasteiger charge is 2.33. The minimum absolute atomic E-state index is 0.140. The number of hydrogen-bond acceptors (Lipinski definition) is 1. The van der Waals surface area contributed by atoms with Gasteiger partial charge in [0.15, 0.2) is 0 Å². The van der Waals surface area contributed by atoms with E-state index in [1.807, 2.05) is 0 Å². The first-order chi connectivity index (χ1) is 6.32. The molecule has 0 bridgehead atoms.